The van der Waals surface area contributed by atoms with E-state index in [4.69, 9.17) is 0 Å². The molecule has 1 fully saturated rings. The number of carbonyl (C=O) groups excluding carboxylic acids is 1. The minimum absolute atomic E-state index is 0.145. The molecule has 162 valence electrons. The topological polar surface area (TPSA) is 61.4 Å². The number of hydrogen-bond acceptors (Lipinski definition) is 3. The van der Waals surface area contributed by atoms with Gasteiger partial charge < -0.3 is 15.7 Å². The summed E-state index contributed by atoms with van der Waals surface area (Å²) in [5.41, 5.74) is 1.91. The van der Waals surface area contributed by atoms with Crippen molar-refractivity contribution >= 4 is 5.91 Å². The van der Waals surface area contributed by atoms with Gasteiger partial charge in [0, 0.05) is 17.6 Å². The number of β-amino-alcohol motifs (C(OH)–C–C–N with tert-alkyl or cyclic N) is 1. The molecule has 4 heteroatoms. The molecular formula is C26H36N2O2. The third-order valence-corrected chi connectivity index (χ3v) is 6.09. The Balaban J connectivity index is 1.60. The van der Waals surface area contributed by atoms with E-state index in [2.05, 4.69) is 24.5 Å². The van der Waals surface area contributed by atoms with E-state index in [1.807, 2.05) is 48.5 Å². The molecule has 2 atom stereocenters. The van der Waals surface area contributed by atoms with Crippen molar-refractivity contribution in [3.8, 4) is 0 Å². The van der Waals surface area contributed by atoms with Gasteiger partial charge in [-0.1, -0.05) is 75.2 Å². The normalized spacial score (nSPS) is 16.8. The van der Waals surface area contributed by atoms with E-state index >= 15 is 0 Å². The van der Waals surface area contributed by atoms with Crippen LogP contribution in [-0.4, -0.2) is 35.2 Å². The molecule has 3 N–H and O–H groups in total. The first-order valence-electron chi connectivity index (χ1n) is 11.3. The van der Waals surface area contributed by atoms with Crippen LogP contribution in [0.2, 0.25) is 0 Å². The van der Waals surface area contributed by atoms with Crippen molar-refractivity contribution in [3.05, 3.63) is 71.8 Å². The Morgan fingerprint density at radius 1 is 1.03 bits per heavy atom. The van der Waals surface area contributed by atoms with Gasteiger partial charge in [-0.2, -0.15) is 0 Å². The number of aliphatic hydroxyl groups excluding tert-OH is 1. The number of aliphatic hydroxyl groups is 1. The maximum absolute atomic E-state index is 12.7. The molecule has 0 unspecified atom stereocenters. The van der Waals surface area contributed by atoms with Crippen LogP contribution in [0.1, 0.15) is 61.9 Å². The lowest BCUT2D eigenvalue weighted by Gasteiger charge is -2.27. The highest BCUT2D eigenvalue weighted by Crippen LogP contribution is 2.40. The Labute approximate surface area is 181 Å². The highest BCUT2D eigenvalue weighted by atomic mass is 16.3. The summed E-state index contributed by atoms with van der Waals surface area (Å²) in [5.74, 6) is 0.587. The monoisotopic (exact) mass is 408 g/mol. The van der Waals surface area contributed by atoms with Gasteiger partial charge in [-0.05, 0) is 49.3 Å². The molecule has 30 heavy (non-hydrogen) atoms. The molecule has 1 aliphatic carbocycles. The van der Waals surface area contributed by atoms with Gasteiger partial charge in [0.1, 0.15) is 0 Å². The molecule has 0 radical (unpaired) electrons. The van der Waals surface area contributed by atoms with E-state index in [1.165, 1.54) is 25.7 Å². The van der Waals surface area contributed by atoms with Crippen LogP contribution < -0.4 is 10.6 Å². The van der Waals surface area contributed by atoms with Gasteiger partial charge in [0.2, 0.25) is 0 Å². The van der Waals surface area contributed by atoms with Crippen molar-refractivity contribution < 1.29 is 9.90 Å². The molecule has 0 bridgehead atoms. The molecule has 4 nitrogen and oxygen atoms in total. The second kappa shape index (κ2) is 10.7. The van der Waals surface area contributed by atoms with Crippen molar-refractivity contribution in [3.63, 3.8) is 0 Å². The Morgan fingerprint density at radius 2 is 1.67 bits per heavy atom. The zero-order chi connectivity index (χ0) is 21.4. The highest BCUT2D eigenvalue weighted by Gasteiger charge is 2.42. The van der Waals surface area contributed by atoms with E-state index in [0.717, 1.165) is 17.9 Å². The van der Waals surface area contributed by atoms with Crippen LogP contribution in [0.3, 0.4) is 0 Å². The van der Waals surface area contributed by atoms with Crippen LogP contribution in [-0.2, 0) is 6.42 Å². The lowest BCUT2D eigenvalue weighted by molar-refractivity contribution is 0.0821. The minimum atomic E-state index is -0.652. The van der Waals surface area contributed by atoms with Gasteiger partial charge in [0.15, 0.2) is 0 Å². The molecule has 1 amide bonds. The first kappa shape index (κ1) is 22.5. The van der Waals surface area contributed by atoms with E-state index in [1.54, 1.807) is 12.1 Å². The summed E-state index contributed by atoms with van der Waals surface area (Å²) < 4.78 is 0. The van der Waals surface area contributed by atoms with Crippen molar-refractivity contribution in [1.82, 2.24) is 10.6 Å². The quantitative estimate of drug-likeness (QED) is 0.490. The summed E-state index contributed by atoms with van der Waals surface area (Å²) in [5, 5.41) is 17.7. The van der Waals surface area contributed by atoms with Crippen molar-refractivity contribution in [2.75, 3.05) is 6.54 Å². The first-order valence-corrected chi connectivity index (χ1v) is 11.3. The average Bonchev–Trinajstić information content (AvgIpc) is 3.52. The van der Waals surface area contributed by atoms with Crippen molar-refractivity contribution in [1.29, 1.82) is 0 Å². The third-order valence-electron chi connectivity index (χ3n) is 6.09. The molecular weight excluding hydrogens is 372 g/mol. The molecule has 3 rings (SSSR count). The fourth-order valence-electron chi connectivity index (χ4n) is 3.97. The largest absolute Gasteiger partial charge is 0.390 e. The number of amides is 1. The van der Waals surface area contributed by atoms with Crippen LogP contribution in [0.15, 0.2) is 60.7 Å². The molecule has 0 aliphatic heterocycles. The first-order chi connectivity index (χ1) is 14.5. The van der Waals surface area contributed by atoms with Crippen LogP contribution in [0.25, 0.3) is 0 Å². The molecule has 0 spiro atoms. The minimum Gasteiger partial charge on any atom is -0.390 e. The maximum Gasteiger partial charge on any atom is 0.251 e. The number of nitrogens with one attached hydrogen (secondary N) is 2. The number of benzene rings is 2. The smallest absolute Gasteiger partial charge is 0.251 e. The molecule has 0 aromatic heterocycles. The Bertz CT molecular complexity index is 772. The van der Waals surface area contributed by atoms with E-state index in [0.29, 0.717) is 18.5 Å². The molecule has 2 aromatic carbocycles. The molecule has 0 heterocycles. The maximum atomic E-state index is 12.7. The zero-order valence-corrected chi connectivity index (χ0v) is 18.3. The summed E-state index contributed by atoms with van der Waals surface area (Å²) in [7, 11) is 0. The van der Waals surface area contributed by atoms with E-state index in [9.17, 15) is 9.90 Å². The lowest BCUT2D eigenvalue weighted by Crippen LogP contribution is -2.50. The summed E-state index contributed by atoms with van der Waals surface area (Å²) >= 11 is 0. The van der Waals surface area contributed by atoms with Gasteiger partial charge in [0.05, 0.1) is 12.1 Å². The van der Waals surface area contributed by atoms with Gasteiger partial charge in [-0.25, -0.2) is 0 Å². The molecule has 1 saturated carbocycles. The van der Waals surface area contributed by atoms with Crippen molar-refractivity contribution in [2.24, 2.45) is 5.92 Å². The third kappa shape index (κ3) is 6.96. The summed E-state index contributed by atoms with van der Waals surface area (Å²) in [6.45, 7) is 5.02. The predicted octanol–water partition coefficient (Wildman–Crippen LogP) is 4.34. The van der Waals surface area contributed by atoms with E-state index < -0.39 is 6.10 Å². The van der Waals surface area contributed by atoms with Crippen LogP contribution in [0.4, 0.5) is 0 Å². The molecule has 2 aromatic rings. The average molecular weight is 409 g/mol. The Kier molecular flexibility index (Phi) is 8.06. The van der Waals surface area contributed by atoms with Gasteiger partial charge >= 0.3 is 0 Å². The Hall–Kier alpha value is -2.17. The zero-order valence-electron chi connectivity index (χ0n) is 18.3. The molecule has 0 saturated heterocycles. The number of hydrogen-bond donors (Lipinski definition) is 3. The van der Waals surface area contributed by atoms with Gasteiger partial charge in [-0.15, -0.1) is 0 Å². The Morgan fingerprint density at radius 3 is 2.27 bits per heavy atom. The second-order valence-electron chi connectivity index (χ2n) is 9.15. The summed E-state index contributed by atoms with van der Waals surface area (Å²) in [6.07, 6.45) is 5.93. The van der Waals surface area contributed by atoms with Crippen molar-refractivity contribution in [2.45, 2.75) is 70.1 Å². The standard InChI is InChI=1S/C26H36N2O2/c1-20(2)10-9-15-26(16-17-26)27-19-24(29)23(18-21-11-5-3-6-12-21)28-25(30)22-13-7-4-8-14-22/h3-8,11-14,20,23-24,27,29H,9-10,15-19H2,1-2H3,(H,28,30)/t23-,24-/m0/s1. The van der Waals surface area contributed by atoms with Gasteiger partial charge in [0.25, 0.3) is 5.91 Å². The lowest BCUT2D eigenvalue weighted by atomic mass is 9.99. The highest BCUT2D eigenvalue weighted by molar-refractivity contribution is 5.94. The van der Waals surface area contributed by atoms with Crippen LogP contribution >= 0.6 is 0 Å². The van der Waals surface area contributed by atoms with E-state index in [-0.39, 0.29) is 17.5 Å². The van der Waals surface area contributed by atoms with Crippen LogP contribution in [0.5, 0.6) is 0 Å². The SMILES string of the molecule is CC(C)CCCC1(NC[C@H](O)[C@H](Cc2ccccc2)NC(=O)c2ccccc2)CC1. The number of carbonyl (C=O) groups is 1. The predicted molar refractivity (Wildman–Crippen MR) is 123 cm³/mol. The summed E-state index contributed by atoms with van der Waals surface area (Å²) in [6, 6.07) is 18.9. The van der Waals surface area contributed by atoms with Crippen LogP contribution in [0, 0.1) is 5.92 Å². The number of rotatable bonds is 12. The second-order valence-corrected chi connectivity index (χ2v) is 9.15. The molecule has 1 aliphatic rings. The summed E-state index contributed by atoms with van der Waals surface area (Å²) in [4.78, 5) is 12.7. The fraction of sp³-hybridized carbons (Fsp3) is 0.500. The fourth-order valence-corrected chi connectivity index (χ4v) is 3.97. The van der Waals surface area contributed by atoms with Gasteiger partial charge in [-0.3, -0.25) is 4.79 Å².